The molecule has 27 heavy (non-hydrogen) atoms. The predicted molar refractivity (Wildman–Crippen MR) is 101 cm³/mol. The number of hydrogen-bond donors (Lipinski definition) is 3. The third kappa shape index (κ3) is 5.64. The molecule has 0 saturated heterocycles. The number of carboxylic acids is 1. The van der Waals surface area contributed by atoms with Crippen LogP contribution in [0.3, 0.4) is 0 Å². The molecule has 2 aromatic rings. The zero-order chi connectivity index (χ0) is 19.8. The Morgan fingerprint density at radius 3 is 2.11 bits per heavy atom. The molecule has 2 aromatic carbocycles. The van der Waals surface area contributed by atoms with Crippen LogP contribution in [0.1, 0.15) is 40.1 Å². The topological polar surface area (TPSA) is 108 Å². The first-order chi connectivity index (χ1) is 12.9. The fourth-order valence-electron chi connectivity index (χ4n) is 2.12. The Hall–Kier alpha value is -3.74. The number of allylic oxidation sites excluding steroid dienone is 1. The van der Waals surface area contributed by atoms with Crippen molar-refractivity contribution in [2.75, 3.05) is 0 Å². The summed E-state index contributed by atoms with van der Waals surface area (Å²) < 4.78 is 0. The van der Waals surface area contributed by atoms with Crippen molar-refractivity contribution in [3.05, 3.63) is 82.6 Å². The van der Waals surface area contributed by atoms with Crippen LogP contribution in [0.5, 0.6) is 0 Å². The lowest BCUT2D eigenvalue weighted by atomic mass is 10.1. The fourth-order valence-corrected chi connectivity index (χ4v) is 2.12. The SMILES string of the molecule is CC(C)=C(NC(=O)c1ccccc1)C(=O)NN=Cc1ccc(C(=O)O)cc1. The molecule has 138 valence electrons. The summed E-state index contributed by atoms with van der Waals surface area (Å²) in [5, 5.41) is 15.3. The van der Waals surface area contributed by atoms with Crippen LogP contribution in [0.15, 0.2) is 71.0 Å². The molecule has 0 aromatic heterocycles. The molecule has 0 spiro atoms. The smallest absolute Gasteiger partial charge is 0.335 e. The number of nitrogens with zero attached hydrogens (tertiary/aromatic N) is 1. The van der Waals surface area contributed by atoms with Crippen LogP contribution >= 0.6 is 0 Å². The Morgan fingerprint density at radius 2 is 1.56 bits per heavy atom. The second-order valence-electron chi connectivity index (χ2n) is 5.82. The number of carboxylic acid groups (broad SMARTS) is 1. The molecule has 2 rings (SSSR count). The molecule has 2 amide bonds. The first-order valence-electron chi connectivity index (χ1n) is 8.09. The molecule has 3 N–H and O–H groups in total. The van der Waals surface area contributed by atoms with E-state index in [0.717, 1.165) is 0 Å². The lowest BCUT2D eigenvalue weighted by Gasteiger charge is -2.10. The molecule has 7 heteroatoms. The highest BCUT2D eigenvalue weighted by atomic mass is 16.4. The number of nitrogens with one attached hydrogen (secondary N) is 2. The number of hydrazone groups is 1. The van der Waals surface area contributed by atoms with Crippen molar-refractivity contribution in [2.45, 2.75) is 13.8 Å². The van der Waals surface area contributed by atoms with E-state index in [-0.39, 0.29) is 11.3 Å². The molecule has 7 nitrogen and oxygen atoms in total. The van der Waals surface area contributed by atoms with Gasteiger partial charge in [-0.25, -0.2) is 10.2 Å². The maximum atomic E-state index is 12.3. The van der Waals surface area contributed by atoms with Crippen LogP contribution < -0.4 is 10.7 Å². The molecule has 0 atom stereocenters. The monoisotopic (exact) mass is 365 g/mol. The van der Waals surface area contributed by atoms with Gasteiger partial charge < -0.3 is 10.4 Å². The zero-order valence-corrected chi connectivity index (χ0v) is 14.9. The molecule has 0 unspecified atom stereocenters. The minimum absolute atomic E-state index is 0.113. The van der Waals surface area contributed by atoms with Crippen molar-refractivity contribution < 1.29 is 19.5 Å². The van der Waals surface area contributed by atoms with Gasteiger partial charge in [-0.05, 0) is 49.2 Å². The quantitative estimate of drug-likeness (QED) is 0.415. The number of benzene rings is 2. The molecule has 0 aliphatic heterocycles. The third-order valence-corrected chi connectivity index (χ3v) is 3.54. The van der Waals surface area contributed by atoms with Gasteiger partial charge in [0.25, 0.3) is 11.8 Å². The minimum Gasteiger partial charge on any atom is -0.478 e. The van der Waals surface area contributed by atoms with Crippen LogP contribution in [-0.4, -0.2) is 29.1 Å². The first-order valence-corrected chi connectivity index (χ1v) is 8.09. The molecule has 0 saturated carbocycles. The Bertz CT molecular complexity index is 897. The number of rotatable bonds is 6. The number of amides is 2. The number of carbonyl (C=O) groups excluding carboxylic acids is 2. The lowest BCUT2D eigenvalue weighted by Crippen LogP contribution is -2.33. The van der Waals surface area contributed by atoms with Crippen molar-refractivity contribution >= 4 is 24.0 Å². The number of hydrogen-bond acceptors (Lipinski definition) is 4. The minimum atomic E-state index is -1.02. The van der Waals surface area contributed by atoms with E-state index in [2.05, 4.69) is 15.8 Å². The maximum absolute atomic E-state index is 12.3. The van der Waals surface area contributed by atoms with Gasteiger partial charge >= 0.3 is 5.97 Å². The van der Waals surface area contributed by atoms with Crippen molar-refractivity contribution in [2.24, 2.45) is 5.10 Å². The highest BCUT2D eigenvalue weighted by Gasteiger charge is 2.15. The average molecular weight is 365 g/mol. The Balaban J connectivity index is 2.02. The maximum Gasteiger partial charge on any atom is 0.335 e. The highest BCUT2D eigenvalue weighted by Crippen LogP contribution is 2.05. The molecule has 0 radical (unpaired) electrons. The van der Waals surface area contributed by atoms with E-state index in [1.807, 2.05) is 0 Å². The van der Waals surface area contributed by atoms with Crippen molar-refractivity contribution in [3.8, 4) is 0 Å². The van der Waals surface area contributed by atoms with E-state index in [1.54, 1.807) is 56.3 Å². The van der Waals surface area contributed by atoms with Crippen molar-refractivity contribution in [1.29, 1.82) is 0 Å². The molecular weight excluding hydrogens is 346 g/mol. The molecule has 0 fully saturated rings. The van der Waals surface area contributed by atoms with E-state index < -0.39 is 17.8 Å². The van der Waals surface area contributed by atoms with Crippen LogP contribution in [0.25, 0.3) is 0 Å². The molecule has 0 aliphatic carbocycles. The summed E-state index contributed by atoms with van der Waals surface area (Å²) in [5.74, 6) is -1.97. The van der Waals surface area contributed by atoms with E-state index in [1.165, 1.54) is 18.3 Å². The molecule has 0 heterocycles. The Kier molecular flexibility index (Phi) is 6.60. The summed E-state index contributed by atoms with van der Waals surface area (Å²) in [4.78, 5) is 35.4. The van der Waals surface area contributed by atoms with Crippen molar-refractivity contribution in [3.63, 3.8) is 0 Å². The zero-order valence-electron chi connectivity index (χ0n) is 14.9. The standard InChI is InChI=1S/C20H19N3O4/c1-13(2)17(22-18(24)15-6-4-3-5-7-15)19(25)23-21-12-14-8-10-16(11-9-14)20(26)27/h3-12H,1-2H3,(H,22,24)(H,23,25)(H,26,27). The van der Waals surface area contributed by atoms with Gasteiger partial charge in [0.05, 0.1) is 11.8 Å². The van der Waals surface area contributed by atoms with Crippen LogP contribution in [0, 0.1) is 0 Å². The summed E-state index contributed by atoms with van der Waals surface area (Å²) in [7, 11) is 0. The molecular formula is C20H19N3O4. The predicted octanol–water partition coefficient (Wildman–Crippen LogP) is 2.56. The molecule has 0 bridgehead atoms. The normalized spacial score (nSPS) is 10.3. The number of carbonyl (C=O) groups is 3. The van der Waals surface area contributed by atoms with Crippen LogP contribution in [0.2, 0.25) is 0 Å². The summed E-state index contributed by atoms with van der Waals surface area (Å²) in [6.45, 7) is 3.41. The fraction of sp³-hybridized carbons (Fsp3) is 0.100. The van der Waals surface area contributed by atoms with Gasteiger partial charge in [0.15, 0.2) is 0 Å². The van der Waals surface area contributed by atoms with E-state index in [0.29, 0.717) is 16.7 Å². The van der Waals surface area contributed by atoms with Gasteiger partial charge in [-0.2, -0.15) is 5.10 Å². The lowest BCUT2D eigenvalue weighted by molar-refractivity contribution is -0.117. The highest BCUT2D eigenvalue weighted by molar-refractivity contribution is 6.03. The van der Waals surface area contributed by atoms with Gasteiger partial charge in [-0.15, -0.1) is 0 Å². The summed E-state index contributed by atoms with van der Waals surface area (Å²) in [5.41, 5.74) is 4.30. The van der Waals surface area contributed by atoms with Gasteiger partial charge in [0.1, 0.15) is 5.70 Å². The summed E-state index contributed by atoms with van der Waals surface area (Å²) in [6.07, 6.45) is 1.38. The average Bonchev–Trinajstić information content (AvgIpc) is 2.66. The largest absolute Gasteiger partial charge is 0.478 e. The van der Waals surface area contributed by atoms with Gasteiger partial charge in [-0.3, -0.25) is 9.59 Å². The Labute approximate surface area is 156 Å². The van der Waals surface area contributed by atoms with Crippen LogP contribution in [0.4, 0.5) is 0 Å². The number of aromatic carboxylic acids is 1. The second-order valence-corrected chi connectivity index (χ2v) is 5.82. The Morgan fingerprint density at radius 1 is 0.926 bits per heavy atom. The van der Waals surface area contributed by atoms with E-state index >= 15 is 0 Å². The van der Waals surface area contributed by atoms with E-state index in [9.17, 15) is 14.4 Å². The van der Waals surface area contributed by atoms with Gasteiger partial charge in [0.2, 0.25) is 0 Å². The van der Waals surface area contributed by atoms with Gasteiger partial charge in [-0.1, -0.05) is 30.3 Å². The van der Waals surface area contributed by atoms with Crippen LogP contribution in [-0.2, 0) is 4.79 Å². The first kappa shape index (κ1) is 19.6. The van der Waals surface area contributed by atoms with Crippen molar-refractivity contribution in [1.82, 2.24) is 10.7 Å². The summed E-state index contributed by atoms with van der Waals surface area (Å²) >= 11 is 0. The molecule has 0 aliphatic rings. The van der Waals surface area contributed by atoms with Gasteiger partial charge in [0, 0.05) is 5.56 Å². The van der Waals surface area contributed by atoms with E-state index in [4.69, 9.17) is 5.11 Å². The third-order valence-electron chi connectivity index (χ3n) is 3.54. The summed E-state index contributed by atoms with van der Waals surface area (Å²) in [6, 6.07) is 14.6. The second kappa shape index (κ2) is 9.10.